The number of hydrogen-bond acceptors (Lipinski definition) is 5. The van der Waals surface area contributed by atoms with E-state index in [1.54, 1.807) is 0 Å². The summed E-state index contributed by atoms with van der Waals surface area (Å²) >= 11 is 0. The van der Waals surface area contributed by atoms with Crippen LogP contribution in [0.1, 0.15) is 29.8 Å². The van der Waals surface area contributed by atoms with Crippen LogP contribution in [0.5, 0.6) is 0 Å². The number of likely N-dealkylation sites (N-methyl/N-ethyl adjacent to an activating group) is 1. The number of nitrogens with zero attached hydrogens (tertiary/aromatic N) is 5. The van der Waals surface area contributed by atoms with Crippen LogP contribution in [0.15, 0.2) is 36.5 Å². The van der Waals surface area contributed by atoms with Crippen LogP contribution >= 0.6 is 0 Å². The van der Waals surface area contributed by atoms with Gasteiger partial charge >= 0.3 is 0 Å². The molecule has 28 heavy (non-hydrogen) atoms. The number of aromatic nitrogens is 2. The molecule has 0 saturated carbocycles. The molecule has 150 valence electrons. The molecular weight excluding hydrogens is 350 g/mol. The van der Waals surface area contributed by atoms with Gasteiger partial charge in [-0.3, -0.25) is 14.7 Å². The third kappa shape index (κ3) is 5.52. The van der Waals surface area contributed by atoms with Gasteiger partial charge in [0.05, 0.1) is 12.2 Å². The van der Waals surface area contributed by atoms with Gasteiger partial charge < -0.3 is 9.80 Å². The zero-order chi connectivity index (χ0) is 19.9. The molecule has 0 aliphatic carbocycles. The Hall–Kier alpha value is -2.47. The molecule has 0 saturated heterocycles. The smallest absolute Gasteiger partial charge is 0.236 e. The van der Waals surface area contributed by atoms with Gasteiger partial charge in [0.15, 0.2) is 0 Å². The molecule has 3 heterocycles. The first kappa shape index (κ1) is 20.3. The van der Waals surface area contributed by atoms with E-state index in [0.717, 1.165) is 56.1 Å². The molecule has 0 unspecified atom stereocenters. The van der Waals surface area contributed by atoms with Gasteiger partial charge in [-0.05, 0) is 56.5 Å². The maximum atomic E-state index is 12.8. The molecule has 6 nitrogen and oxygen atoms in total. The predicted octanol–water partition coefficient (Wildman–Crippen LogP) is 2.52. The number of hydrogen-bond donors (Lipinski definition) is 0. The van der Waals surface area contributed by atoms with Gasteiger partial charge in [0.25, 0.3) is 0 Å². The second kappa shape index (κ2) is 9.64. The molecule has 0 aromatic carbocycles. The summed E-state index contributed by atoms with van der Waals surface area (Å²) in [6.07, 6.45) is 4.61. The van der Waals surface area contributed by atoms with Crippen LogP contribution in [0.4, 0.5) is 5.82 Å². The lowest BCUT2D eigenvalue weighted by atomic mass is 10.1. The van der Waals surface area contributed by atoms with Crippen molar-refractivity contribution in [2.45, 2.75) is 32.7 Å². The van der Waals surface area contributed by atoms with Gasteiger partial charge in [-0.25, -0.2) is 4.98 Å². The normalized spacial score (nSPS) is 17.5. The molecule has 2 aromatic rings. The Morgan fingerprint density at radius 2 is 1.82 bits per heavy atom. The summed E-state index contributed by atoms with van der Waals surface area (Å²) in [4.78, 5) is 28.3. The molecule has 0 spiro atoms. The van der Waals surface area contributed by atoms with Crippen LogP contribution in [-0.2, 0) is 17.8 Å². The Bertz CT molecular complexity index is 794. The van der Waals surface area contributed by atoms with Gasteiger partial charge in [0, 0.05) is 45.6 Å². The fourth-order valence-corrected chi connectivity index (χ4v) is 3.51. The number of rotatable bonds is 2. The summed E-state index contributed by atoms with van der Waals surface area (Å²) in [6, 6.07) is 10.3. The van der Waals surface area contributed by atoms with Crippen LogP contribution in [0, 0.1) is 6.92 Å². The molecule has 6 heteroatoms. The number of carbonyl (C=O) groups is 1. The topological polar surface area (TPSA) is 52.6 Å². The highest BCUT2D eigenvalue weighted by atomic mass is 16.2. The zero-order valence-corrected chi connectivity index (χ0v) is 17.3. The van der Waals surface area contributed by atoms with E-state index in [1.165, 1.54) is 5.56 Å². The average Bonchev–Trinajstić information content (AvgIpc) is 2.69. The summed E-state index contributed by atoms with van der Waals surface area (Å²) in [5.74, 6) is 1.18. The summed E-state index contributed by atoms with van der Waals surface area (Å²) in [7, 11) is 3.97. The van der Waals surface area contributed by atoms with Crippen molar-refractivity contribution in [3.8, 4) is 0 Å². The highest BCUT2D eigenvalue weighted by Crippen LogP contribution is 2.14. The molecular formula is C22H31N5O. The summed E-state index contributed by atoms with van der Waals surface area (Å²) < 4.78 is 0. The molecule has 0 atom stereocenters. The van der Waals surface area contributed by atoms with Gasteiger partial charge in [-0.1, -0.05) is 12.1 Å². The van der Waals surface area contributed by atoms with Gasteiger partial charge in [0.1, 0.15) is 5.82 Å². The third-order valence-electron chi connectivity index (χ3n) is 5.35. The van der Waals surface area contributed by atoms with Crippen molar-refractivity contribution in [2.75, 3.05) is 45.2 Å². The Kier molecular flexibility index (Phi) is 6.98. The average molecular weight is 382 g/mol. The Labute approximate surface area is 168 Å². The summed E-state index contributed by atoms with van der Waals surface area (Å²) in [5, 5.41) is 0. The molecule has 2 bridgehead atoms. The number of amides is 1. The van der Waals surface area contributed by atoms with E-state index in [-0.39, 0.29) is 5.91 Å². The lowest BCUT2D eigenvalue weighted by Gasteiger charge is -2.27. The third-order valence-corrected chi connectivity index (χ3v) is 5.35. The molecule has 1 amide bonds. The molecule has 0 radical (unpaired) electrons. The van der Waals surface area contributed by atoms with Crippen molar-refractivity contribution in [3.05, 3.63) is 53.5 Å². The van der Waals surface area contributed by atoms with E-state index in [1.807, 2.05) is 24.2 Å². The number of carbonyl (C=O) groups excluding carboxylic acids is 1. The quantitative estimate of drug-likeness (QED) is 0.800. The van der Waals surface area contributed by atoms with E-state index in [9.17, 15) is 4.79 Å². The Balaban J connectivity index is 1.76. The lowest BCUT2D eigenvalue weighted by molar-refractivity contribution is -0.131. The van der Waals surface area contributed by atoms with Crippen LogP contribution in [-0.4, -0.2) is 65.9 Å². The summed E-state index contributed by atoms with van der Waals surface area (Å²) in [6.45, 7) is 5.67. The molecule has 0 fully saturated rings. The zero-order valence-electron chi connectivity index (χ0n) is 17.3. The van der Waals surface area contributed by atoms with Crippen LogP contribution in [0.2, 0.25) is 0 Å². The summed E-state index contributed by atoms with van der Waals surface area (Å²) in [5.41, 5.74) is 3.32. The number of anilines is 1. The highest BCUT2D eigenvalue weighted by molar-refractivity contribution is 5.78. The van der Waals surface area contributed by atoms with Crippen molar-refractivity contribution >= 4 is 11.7 Å². The van der Waals surface area contributed by atoms with Gasteiger partial charge in [0.2, 0.25) is 5.91 Å². The van der Waals surface area contributed by atoms with Gasteiger partial charge in [-0.15, -0.1) is 0 Å². The number of aryl methyl sites for hydroxylation is 2. The van der Waals surface area contributed by atoms with Crippen LogP contribution < -0.4 is 4.90 Å². The van der Waals surface area contributed by atoms with Crippen molar-refractivity contribution < 1.29 is 4.79 Å². The minimum atomic E-state index is 0.171. The largest absolute Gasteiger partial charge is 0.360 e. The molecule has 1 aliphatic heterocycles. The SMILES string of the molecule is Cc1cccnc1CN1CCCc2cccc(n2)N(C)CCCN(C)C(=O)C1. The first-order valence-corrected chi connectivity index (χ1v) is 10.1. The van der Waals surface area contributed by atoms with E-state index in [4.69, 9.17) is 4.98 Å². The van der Waals surface area contributed by atoms with E-state index in [0.29, 0.717) is 13.1 Å². The maximum absolute atomic E-state index is 12.8. The van der Waals surface area contributed by atoms with Crippen molar-refractivity contribution in [1.82, 2.24) is 19.8 Å². The molecule has 3 rings (SSSR count). The minimum absolute atomic E-state index is 0.171. The lowest BCUT2D eigenvalue weighted by Crippen LogP contribution is -2.40. The fraction of sp³-hybridized carbons (Fsp3) is 0.500. The minimum Gasteiger partial charge on any atom is -0.360 e. The van der Waals surface area contributed by atoms with Gasteiger partial charge in [-0.2, -0.15) is 0 Å². The highest BCUT2D eigenvalue weighted by Gasteiger charge is 2.17. The van der Waals surface area contributed by atoms with Crippen molar-refractivity contribution in [3.63, 3.8) is 0 Å². The Morgan fingerprint density at radius 1 is 1.00 bits per heavy atom. The monoisotopic (exact) mass is 381 g/mol. The first-order valence-electron chi connectivity index (χ1n) is 10.1. The number of fused-ring (bicyclic) bond motifs is 2. The number of pyridine rings is 2. The predicted molar refractivity (Wildman–Crippen MR) is 112 cm³/mol. The second-order valence-electron chi connectivity index (χ2n) is 7.66. The van der Waals surface area contributed by atoms with Crippen molar-refractivity contribution in [1.29, 1.82) is 0 Å². The standard InChI is InChI=1S/C22H31N5O/c1-18-8-5-12-23-20(18)16-27-15-6-10-19-9-4-11-21(24-19)25(2)13-7-14-26(3)22(28)17-27/h4-5,8-9,11-12H,6-7,10,13-17H2,1-3H3. The van der Waals surface area contributed by atoms with E-state index in [2.05, 4.69) is 53.0 Å². The Morgan fingerprint density at radius 3 is 2.64 bits per heavy atom. The fourth-order valence-electron chi connectivity index (χ4n) is 3.51. The van der Waals surface area contributed by atoms with Crippen LogP contribution in [0.3, 0.4) is 0 Å². The van der Waals surface area contributed by atoms with Crippen molar-refractivity contribution in [2.24, 2.45) is 0 Å². The molecule has 0 N–H and O–H groups in total. The maximum Gasteiger partial charge on any atom is 0.236 e. The first-order chi connectivity index (χ1) is 13.5. The molecule has 1 aliphatic rings. The van der Waals surface area contributed by atoms with E-state index < -0.39 is 0 Å². The van der Waals surface area contributed by atoms with E-state index >= 15 is 0 Å². The second-order valence-corrected chi connectivity index (χ2v) is 7.66. The van der Waals surface area contributed by atoms with Crippen LogP contribution in [0.25, 0.3) is 0 Å². The molecule has 2 aromatic heterocycles.